The van der Waals surface area contributed by atoms with Gasteiger partial charge in [0, 0.05) is 41.4 Å². The zero-order valence-corrected chi connectivity index (χ0v) is 17.9. The van der Waals surface area contributed by atoms with Gasteiger partial charge in [-0.3, -0.25) is 0 Å². The maximum Gasteiger partial charge on any atom is 0.170 e. The molecule has 3 aromatic rings. The number of hydrogen-bond acceptors (Lipinski definition) is 4. The second-order valence-corrected chi connectivity index (χ2v) is 8.60. The van der Waals surface area contributed by atoms with Gasteiger partial charge < -0.3 is 15.2 Å². The van der Waals surface area contributed by atoms with E-state index in [4.69, 9.17) is 12.2 Å². The minimum atomic E-state index is 0.641. The third kappa shape index (κ3) is 5.36. The fourth-order valence-electron chi connectivity index (χ4n) is 3.43. The van der Waals surface area contributed by atoms with E-state index in [1.807, 2.05) is 30.0 Å². The fourth-order valence-corrected chi connectivity index (χ4v) is 4.44. The van der Waals surface area contributed by atoms with Crippen molar-refractivity contribution in [2.45, 2.75) is 37.1 Å². The third-order valence-corrected chi connectivity index (χ3v) is 6.17. The quantitative estimate of drug-likeness (QED) is 0.339. The molecule has 150 valence electrons. The number of aryl methyl sites for hydroxylation is 1. The number of fused-ring (bicyclic) bond motifs is 1. The number of anilines is 1. The van der Waals surface area contributed by atoms with Gasteiger partial charge in [0.2, 0.25) is 0 Å². The minimum absolute atomic E-state index is 0.641. The van der Waals surface area contributed by atoms with Gasteiger partial charge in [-0.15, -0.1) is 22.0 Å². The molecule has 0 saturated carbocycles. The average molecular weight is 424 g/mol. The van der Waals surface area contributed by atoms with Gasteiger partial charge in [0.25, 0.3) is 0 Å². The molecule has 2 heterocycles. The Labute approximate surface area is 181 Å². The van der Waals surface area contributed by atoms with Crippen molar-refractivity contribution in [3.63, 3.8) is 0 Å². The van der Waals surface area contributed by atoms with Crippen LogP contribution in [0.3, 0.4) is 0 Å². The van der Waals surface area contributed by atoms with Crippen molar-refractivity contribution in [2.75, 3.05) is 17.6 Å². The van der Waals surface area contributed by atoms with Crippen LogP contribution in [0.25, 0.3) is 11.4 Å². The Balaban J connectivity index is 1.28. The second kappa shape index (κ2) is 9.89. The van der Waals surface area contributed by atoms with Gasteiger partial charge in [-0.1, -0.05) is 24.6 Å². The zero-order chi connectivity index (χ0) is 19.9. The maximum atomic E-state index is 5.42. The summed E-state index contributed by atoms with van der Waals surface area (Å²) in [5.41, 5.74) is 2.06. The Kier molecular flexibility index (Phi) is 6.79. The van der Waals surface area contributed by atoms with E-state index in [1.165, 1.54) is 24.2 Å². The van der Waals surface area contributed by atoms with Gasteiger partial charge in [-0.2, -0.15) is 0 Å². The monoisotopic (exact) mass is 423 g/mol. The van der Waals surface area contributed by atoms with Crippen molar-refractivity contribution in [3.8, 4) is 11.4 Å². The summed E-state index contributed by atoms with van der Waals surface area (Å²) in [5.74, 6) is 3.04. The van der Waals surface area contributed by atoms with Gasteiger partial charge in [0.15, 0.2) is 10.9 Å². The highest BCUT2D eigenvalue weighted by Gasteiger charge is 2.15. The molecule has 0 saturated heterocycles. The van der Waals surface area contributed by atoms with Crippen LogP contribution in [0.15, 0.2) is 59.5 Å². The molecule has 1 aliphatic rings. The van der Waals surface area contributed by atoms with Crippen LogP contribution < -0.4 is 10.6 Å². The molecular formula is C22H25N5S2. The van der Waals surface area contributed by atoms with Crippen molar-refractivity contribution >= 4 is 34.8 Å². The van der Waals surface area contributed by atoms with Crippen molar-refractivity contribution in [1.82, 2.24) is 20.1 Å². The molecule has 5 nitrogen and oxygen atoms in total. The summed E-state index contributed by atoms with van der Waals surface area (Å²) in [5, 5.41) is 16.0. The van der Waals surface area contributed by atoms with E-state index >= 15 is 0 Å². The van der Waals surface area contributed by atoms with Gasteiger partial charge in [-0.25, -0.2) is 0 Å². The van der Waals surface area contributed by atoms with E-state index in [-0.39, 0.29) is 0 Å². The highest BCUT2D eigenvalue weighted by molar-refractivity contribution is 7.99. The highest BCUT2D eigenvalue weighted by atomic mass is 32.2. The molecule has 7 heteroatoms. The van der Waals surface area contributed by atoms with E-state index < -0.39 is 0 Å². The predicted octanol–water partition coefficient (Wildman–Crippen LogP) is 4.75. The molecule has 29 heavy (non-hydrogen) atoms. The number of rotatable bonds is 6. The van der Waals surface area contributed by atoms with Crippen LogP contribution in [0, 0.1) is 0 Å². The lowest BCUT2D eigenvalue weighted by Gasteiger charge is -2.11. The first-order valence-electron chi connectivity index (χ1n) is 10.0. The van der Waals surface area contributed by atoms with Crippen LogP contribution in [0.5, 0.6) is 0 Å². The number of benzene rings is 2. The molecule has 0 fully saturated rings. The molecule has 0 bridgehead atoms. The van der Waals surface area contributed by atoms with Gasteiger partial charge >= 0.3 is 0 Å². The molecule has 4 rings (SSSR count). The summed E-state index contributed by atoms with van der Waals surface area (Å²) in [6, 6.07) is 18.6. The van der Waals surface area contributed by atoms with E-state index in [2.05, 4.69) is 61.8 Å². The highest BCUT2D eigenvalue weighted by Crippen LogP contribution is 2.24. The Bertz CT molecular complexity index is 938. The topological polar surface area (TPSA) is 54.8 Å². The third-order valence-electron chi connectivity index (χ3n) is 4.91. The first-order valence-corrected chi connectivity index (χ1v) is 11.4. The van der Waals surface area contributed by atoms with Crippen LogP contribution in [0.2, 0.25) is 0 Å². The Morgan fingerprint density at radius 3 is 2.66 bits per heavy atom. The molecule has 0 amide bonds. The molecule has 1 aliphatic heterocycles. The van der Waals surface area contributed by atoms with E-state index in [9.17, 15) is 0 Å². The minimum Gasteiger partial charge on any atom is -0.362 e. The van der Waals surface area contributed by atoms with E-state index in [1.54, 1.807) is 0 Å². The zero-order valence-electron chi connectivity index (χ0n) is 16.3. The molecule has 0 aliphatic carbocycles. The number of nitrogens with one attached hydrogen (secondary N) is 2. The van der Waals surface area contributed by atoms with Crippen molar-refractivity contribution in [2.24, 2.45) is 0 Å². The van der Waals surface area contributed by atoms with Crippen molar-refractivity contribution < 1.29 is 0 Å². The average Bonchev–Trinajstić information content (AvgIpc) is 3.00. The summed E-state index contributed by atoms with van der Waals surface area (Å²) in [4.78, 5) is 1.27. The maximum absolute atomic E-state index is 5.42. The van der Waals surface area contributed by atoms with Crippen LogP contribution in [-0.4, -0.2) is 32.2 Å². The lowest BCUT2D eigenvalue weighted by molar-refractivity contribution is 0.636. The first kappa shape index (κ1) is 19.9. The number of thioether (sulfide) groups is 1. The van der Waals surface area contributed by atoms with Gasteiger partial charge in [0.1, 0.15) is 5.82 Å². The smallest absolute Gasteiger partial charge is 0.170 e. The normalized spacial score (nSPS) is 13.4. The SMILES string of the molecule is S=C(NCCSc1ccccc1)Nc1ccc(-c2nnc3n2CCCCC3)cc1. The van der Waals surface area contributed by atoms with Crippen LogP contribution in [-0.2, 0) is 13.0 Å². The van der Waals surface area contributed by atoms with E-state index in [0.29, 0.717) is 5.11 Å². The molecule has 0 unspecified atom stereocenters. The Morgan fingerprint density at radius 2 is 1.83 bits per heavy atom. The predicted molar refractivity (Wildman–Crippen MR) is 124 cm³/mol. The lowest BCUT2D eigenvalue weighted by atomic mass is 10.2. The fraction of sp³-hybridized carbons (Fsp3) is 0.318. The molecule has 1 aromatic heterocycles. The molecule has 2 N–H and O–H groups in total. The van der Waals surface area contributed by atoms with Crippen molar-refractivity contribution in [3.05, 3.63) is 60.4 Å². The number of aromatic nitrogens is 3. The summed E-state index contributed by atoms with van der Waals surface area (Å²) >= 11 is 7.23. The molecule has 2 aromatic carbocycles. The van der Waals surface area contributed by atoms with E-state index in [0.717, 1.165) is 48.2 Å². The summed E-state index contributed by atoms with van der Waals surface area (Å²) in [6.45, 7) is 1.82. The van der Waals surface area contributed by atoms with Gasteiger partial charge in [-0.05, 0) is 61.5 Å². The molecule has 0 spiro atoms. The summed E-state index contributed by atoms with van der Waals surface area (Å²) in [6.07, 6.45) is 4.69. The van der Waals surface area contributed by atoms with Crippen LogP contribution in [0.4, 0.5) is 5.69 Å². The largest absolute Gasteiger partial charge is 0.362 e. The lowest BCUT2D eigenvalue weighted by Crippen LogP contribution is -2.30. The second-order valence-electron chi connectivity index (χ2n) is 7.02. The van der Waals surface area contributed by atoms with Gasteiger partial charge in [0.05, 0.1) is 0 Å². The molecule has 0 atom stereocenters. The summed E-state index contributed by atoms with van der Waals surface area (Å²) < 4.78 is 2.27. The standard InChI is InChI=1S/C22H25N5S2/c28-22(23-14-16-29-19-7-3-1-4-8-19)24-18-12-10-17(11-13-18)21-26-25-20-9-5-2-6-15-27(20)21/h1,3-4,7-8,10-13H,2,5-6,9,14-16H2,(H2,23,24,28). The molecule has 0 radical (unpaired) electrons. The number of hydrogen-bond donors (Lipinski definition) is 2. The Hall–Kier alpha value is -2.38. The first-order chi connectivity index (χ1) is 14.3. The van der Waals surface area contributed by atoms with Crippen LogP contribution >= 0.6 is 24.0 Å². The Morgan fingerprint density at radius 1 is 1.00 bits per heavy atom. The number of nitrogens with zero attached hydrogens (tertiary/aromatic N) is 3. The number of thiocarbonyl (C=S) groups is 1. The van der Waals surface area contributed by atoms with Crippen LogP contribution in [0.1, 0.15) is 25.1 Å². The van der Waals surface area contributed by atoms with Crippen molar-refractivity contribution in [1.29, 1.82) is 0 Å². The summed E-state index contributed by atoms with van der Waals surface area (Å²) in [7, 11) is 0. The molecular weight excluding hydrogens is 398 g/mol.